The maximum absolute atomic E-state index is 12.0. The van der Waals surface area contributed by atoms with E-state index in [1.54, 1.807) is 11.8 Å². The number of anilines is 1. The normalized spacial score (nSPS) is 13.9. The molecule has 0 aliphatic heterocycles. The highest BCUT2D eigenvalue weighted by Gasteiger charge is 2.24. The summed E-state index contributed by atoms with van der Waals surface area (Å²) in [6.07, 6.45) is 3.39. The highest BCUT2D eigenvalue weighted by atomic mass is 16.2. The Hall–Kier alpha value is -1.84. The lowest BCUT2D eigenvalue weighted by Crippen LogP contribution is -2.35. The monoisotopic (exact) mass is 288 g/mol. The van der Waals surface area contributed by atoms with Gasteiger partial charge in [-0.3, -0.25) is 9.59 Å². The van der Waals surface area contributed by atoms with Crippen LogP contribution in [0.4, 0.5) is 5.69 Å². The first kappa shape index (κ1) is 15.5. The maximum Gasteiger partial charge on any atom is 0.223 e. The van der Waals surface area contributed by atoms with Gasteiger partial charge in [-0.1, -0.05) is 25.1 Å². The molecule has 21 heavy (non-hydrogen) atoms. The number of hydrogen-bond donors (Lipinski definition) is 1. The van der Waals surface area contributed by atoms with Crippen molar-refractivity contribution in [1.82, 2.24) is 5.32 Å². The fourth-order valence-corrected chi connectivity index (χ4v) is 2.56. The van der Waals surface area contributed by atoms with Gasteiger partial charge in [0.1, 0.15) is 0 Å². The topological polar surface area (TPSA) is 49.4 Å². The fraction of sp³-hybridized carbons (Fsp3) is 0.529. The van der Waals surface area contributed by atoms with Crippen LogP contribution in [0.1, 0.15) is 44.2 Å². The van der Waals surface area contributed by atoms with Crippen LogP contribution < -0.4 is 10.2 Å². The molecule has 4 nitrogen and oxygen atoms in total. The lowest BCUT2D eigenvalue weighted by molar-refractivity contribution is -0.121. The zero-order valence-corrected chi connectivity index (χ0v) is 13.1. The van der Waals surface area contributed by atoms with Crippen LogP contribution in [0.25, 0.3) is 0 Å². The van der Waals surface area contributed by atoms with Crippen LogP contribution in [0.2, 0.25) is 0 Å². The molecule has 0 atom stereocenters. The Morgan fingerprint density at radius 3 is 2.62 bits per heavy atom. The minimum Gasteiger partial charge on any atom is -0.353 e. The van der Waals surface area contributed by atoms with Gasteiger partial charge in [0.2, 0.25) is 11.8 Å². The predicted molar refractivity (Wildman–Crippen MR) is 84.4 cm³/mol. The molecule has 0 unspecified atom stereocenters. The summed E-state index contributed by atoms with van der Waals surface area (Å²) in [5, 5.41) is 2.97. The molecule has 1 saturated carbocycles. The zero-order valence-electron chi connectivity index (χ0n) is 13.1. The van der Waals surface area contributed by atoms with Crippen molar-refractivity contribution in [2.75, 3.05) is 11.4 Å². The van der Waals surface area contributed by atoms with Crippen molar-refractivity contribution in [3.63, 3.8) is 0 Å². The molecule has 0 aromatic heterocycles. The molecule has 1 fully saturated rings. The first-order valence-corrected chi connectivity index (χ1v) is 7.69. The van der Waals surface area contributed by atoms with Gasteiger partial charge in [0.15, 0.2) is 0 Å². The third kappa shape index (κ3) is 4.06. The Bertz CT molecular complexity index is 536. The molecule has 2 rings (SSSR count). The van der Waals surface area contributed by atoms with Gasteiger partial charge in [0, 0.05) is 31.6 Å². The Morgan fingerprint density at radius 1 is 1.33 bits per heavy atom. The van der Waals surface area contributed by atoms with Crippen LogP contribution in [0, 0.1) is 6.92 Å². The van der Waals surface area contributed by atoms with Crippen molar-refractivity contribution >= 4 is 17.5 Å². The van der Waals surface area contributed by atoms with E-state index in [9.17, 15) is 9.59 Å². The first-order valence-electron chi connectivity index (χ1n) is 7.69. The average molecular weight is 288 g/mol. The van der Waals surface area contributed by atoms with E-state index in [0.29, 0.717) is 19.0 Å². The van der Waals surface area contributed by atoms with Crippen molar-refractivity contribution in [3.8, 4) is 0 Å². The number of para-hydroxylation sites is 1. The standard InChI is InChI=1S/C17H24N2O2/c1-4-14-7-5-6-12(2)17(14)19(13(3)20)11-10-16(21)18-15-8-9-15/h5-7,15H,4,8-11H2,1-3H3,(H,18,21). The van der Waals surface area contributed by atoms with E-state index >= 15 is 0 Å². The van der Waals surface area contributed by atoms with Gasteiger partial charge < -0.3 is 10.2 Å². The minimum absolute atomic E-state index is 0.0155. The number of rotatable bonds is 6. The number of amides is 2. The zero-order chi connectivity index (χ0) is 15.4. The van der Waals surface area contributed by atoms with Gasteiger partial charge in [-0.25, -0.2) is 0 Å². The molecule has 114 valence electrons. The summed E-state index contributed by atoms with van der Waals surface area (Å²) >= 11 is 0. The quantitative estimate of drug-likeness (QED) is 0.874. The minimum atomic E-state index is -0.0155. The molecule has 1 aromatic carbocycles. The molecule has 2 amide bonds. The lowest BCUT2D eigenvalue weighted by Gasteiger charge is -2.25. The smallest absolute Gasteiger partial charge is 0.223 e. The van der Waals surface area contributed by atoms with Crippen molar-refractivity contribution in [2.45, 2.75) is 52.5 Å². The number of nitrogens with one attached hydrogen (secondary N) is 1. The molecule has 4 heteroatoms. The molecule has 0 spiro atoms. The van der Waals surface area contributed by atoms with Crippen LogP contribution in [0.5, 0.6) is 0 Å². The number of carbonyl (C=O) groups excluding carboxylic acids is 2. The third-order valence-electron chi connectivity index (χ3n) is 3.86. The molecule has 1 aliphatic carbocycles. The summed E-state index contributed by atoms with van der Waals surface area (Å²) in [7, 11) is 0. The first-order chi connectivity index (χ1) is 10.0. The second kappa shape index (κ2) is 6.74. The number of hydrogen-bond acceptors (Lipinski definition) is 2. The predicted octanol–water partition coefficient (Wildman–Crippen LogP) is 2.58. The summed E-state index contributed by atoms with van der Waals surface area (Å²) in [5.41, 5.74) is 3.19. The second-order valence-electron chi connectivity index (χ2n) is 5.70. The van der Waals surface area contributed by atoms with Crippen LogP contribution in [0.15, 0.2) is 18.2 Å². The largest absolute Gasteiger partial charge is 0.353 e. The van der Waals surface area contributed by atoms with E-state index < -0.39 is 0 Å². The Morgan fingerprint density at radius 2 is 2.05 bits per heavy atom. The number of benzene rings is 1. The molecular formula is C17H24N2O2. The summed E-state index contributed by atoms with van der Waals surface area (Å²) in [6, 6.07) is 6.43. The molecule has 0 saturated heterocycles. The summed E-state index contributed by atoms with van der Waals surface area (Å²) in [6.45, 7) is 6.08. The molecular weight excluding hydrogens is 264 g/mol. The van der Waals surface area contributed by atoms with Gasteiger partial charge >= 0.3 is 0 Å². The Kier molecular flexibility index (Phi) is 4.99. The van der Waals surface area contributed by atoms with Crippen LogP contribution >= 0.6 is 0 Å². The average Bonchev–Trinajstić information content (AvgIpc) is 3.23. The van der Waals surface area contributed by atoms with E-state index in [2.05, 4.69) is 12.2 Å². The van der Waals surface area contributed by atoms with E-state index in [4.69, 9.17) is 0 Å². The van der Waals surface area contributed by atoms with Crippen molar-refractivity contribution in [2.24, 2.45) is 0 Å². The maximum atomic E-state index is 12.0. The SMILES string of the molecule is CCc1cccc(C)c1N(CCC(=O)NC1CC1)C(C)=O. The second-order valence-corrected chi connectivity index (χ2v) is 5.70. The van der Waals surface area contributed by atoms with Crippen LogP contribution in [0.3, 0.4) is 0 Å². The van der Waals surface area contributed by atoms with Crippen molar-refractivity contribution in [1.29, 1.82) is 0 Å². The van der Waals surface area contributed by atoms with Gasteiger partial charge in [0.25, 0.3) is 0 Å². The van der Waals surface area contributed by atoms with Crippen molar-refractivity contribution in [3.05, 3.63) is 29.3 Å². The summed E-state index contributed by atoms with van der Waals surface area (Å²) in [5.74, 6) is 0.0219. The van der Waals surface area contributed by atoms with Crippen molar-refractivity contribution < 1.29 is 9.59 Å². The molecule has 0 heterocycles. The number of nitrogens with zero attached hydrogens (tertiary/aromatic N) is 1. The fourth-order valence-electron chi connectivity index (χ4n) is 2.56. The Balaban J connectivity index is 2.11. The van der Waals surface area contributed by atoms with E-state index in [1.807, 2.05) is 25.1 Å². The van der Waals surface area contributed by atoms with Crippen LogP contribution in [-0.4, -0.2) is 24.4 Å². The van der Waals surface area contributed by atoms with Gasteiger partial charge in [-0.15, -0.1) is 0 Å². The lowest BCUT2D eigenvalue weighted by atomic mass is 10.0. The molecule has 1 aliphatic rings. The molecule has 1 aromatic rings. The highest BCUT2D eigenvalue weighted by Crippen LogP contribution is 2.26. The summed E-state index contributed by atoms with van der Waals surface area (Å²) in [4.78, 5) is 25.6. The summed E-state index contributed by atoms with van der Waals surface area (Å²) < 4.78 is 0. The highest BCUT2D eigenvalue weighted by molar-refractivity contribution is 5.94. The van der Waals surface area contributed by atoms with Gasteiger partial charge in [0.05, 0.1) is 0 Å². The Labute approximate surface area is 126 Å². The van der Waals surface area contributed by atoms with Gasteiger partial charge in [-0.05, 0) is 37.3 Å². The van der Waals surface area contributed by atoms with E-state index in [0.717, 1.165) is 36.1 Å². The van der Waals surface area contributed by atoms with E-state index in [-0.39, 0.29) is 11.8 Å². The molecule has 0 bridgehead atoms. The molecule has 1 N–H and O–H groups in total. The third-order valence-corrected chi connectivity index (χ3v) is 3.86. The number of carbonyl (C=O) groups is 2. The number of aryl methyl sites for hydroxylation is 2. The van der Waals surface area contributed by atoms with Crippen LogP contribution in [-0.2, 0) is 16.0 Å². The molecule has 0 radical (unpaired) electrons. The van der Waals surface area contributed by atoms with Gasteiger partial charge in [-0.2, -0.15) is 0 Å². The van der Waals surface area contributed by atoms with E-state index in [1.165, 1.54) is 0 Å².